The Bertz CT molecular complexity index is 390. The van der Waals surface area contributed by atoms with Gasteiger partial charge in [-0.1, -0.05) is 0 Å². The fraction of sp³-hybridized carbons (Fsp3) is 0.733. The molecule has 0 radical (unpaired) electrons. The third-order valence-electron chi connectivity index (χ3n) is 2.85. The molecule has 0 N–H and O–H groups in total. The molecule has 0 unspecified atom stereocenters. The van der Waals surface area contributed by atoms with Crippen molar-refractivity contribution in [3.63, 3.8) is 0 Å². The zero-order chi connectivity index (χ0) is 15.7. The van der Waals surface area contributed by atoms with E-state index in [4.69, 9.17) is 14.2 Å². The molecular formula is C15H27N3O3. The summed E-state index contributed by atoms with van der Waals surface area (Å²) in [6.07, 6.45) is 3.52. The Balaban J connectivity index is 2.84. The van der Waals surface area contributed by atoms with Crippen molar-refractivity contribution < 1.29 is 14.2 Å². The van der Waals surface area contributed by atoms with Gasteiger partial charge in [0.2, 0.25) is 0 Å². The first kappa shape index (κ1) is 18.0. The van der Waals surface area contributed by atoms with E-state index >= 15 is 0 Å². The molecule has 0 fully saturated rings. The molecule has 0 spiro atoms. The molecular weight excluding hydrogens is 270 g/mol. The molecule has 6 heteroatoms. The first-order chi connectivity index (χ1) is 10.0. The highest BCUT2D eigenvalue weighted by Crippen LogP contribution is 2.25. The van der Waals surface area contributed by atoms with Crippen LogP contribution < -0.4 is 0 Å². The minimum Gasteiger partial charge on any atom is -0.374 e. The van der Waals surface area contributed by atoms with Gasteiger partial charge >= 0.3 is 0 Å². The minimum atomic E-state index is -1.04. The van der Waals surface area contributed by atoms with Crippen molar-refractivity contribution in [2.75, 3.05) is 47.1 Å². The molecule has 1 heterocycles. The lowest BCUT2D eigenvalue weighted by atomic mass is 10.2. The Morgan fingerprint density at radius 3 is 2.14 bits per heavy atom. The van der Waals surface area contributed by atoms with Gasteiger partial charge in [-0.3, -0.25) is 0 Å². The van der Waals surface area contributed by atoms with Crippen LogP contribution in [0, 0.1) is 6.92 Å². The normalized spacial score (nSPS) is 12.1. The van der Waals surface area contributed by atoms with Crippen molar-refractivity contribution >= 4 is 0 Å². The zero-order valence-corrected chi connectivity index (χ0v) is 13.8. The summed E-state index contributed by atoms with van der Waals surface area (Å²) < 4.78 is 17.4. The molecule has 120 valence electrons. The summed E-state index contributed by atoms with van der Waals surface area (Å²) in [5, 5.41) is 0. The summed E-state index contributed by atoms with van der Waals surface area (Å²) in [5.74, 6) is -0.537. The summed E-state index contributed by atoms with van der Waals surface area (Å²) in [5.41, 5.74) is 0.995. The van der Waals surface area contributed by atoms with Crippen molar-refractivity contribution in [3.05, 3.63) is 23.8 Å². The molecule has 0 saturated carbocycles. The summed E-state index contributed by atoms with van der Waals surface area (Å²) >= 11 is 0. The van der Waals surface area contributed by atoms with E-state index in [1.54, 1.807) is 12.4 Å². The topological polar surface area (TPSA) is 56.7 Å². The van der Waals surface area contributed by atoms with Gasteiger partial charge in [-0.15, -0.1) is 0 Å². The third-order valence-corrected chi connectivity index (χ3v) is 2.85. The number of hydrogen-bond acceptors (Lipinski definition) is 6. The molecule has 1 rings (SSSR count). The summed E-state index contributed by atoms with van der Waals surface area (Å²) in [6, 6.07) is 0. The molecule has 21 heavy (non-hydrogen) atoms. The van der Waals surface area contributed by atoms with Crippen LogP contribution in [0.15, 0.2) is 12.4 Å². The average Bonchev–Trinajstić information content (AvgIpc) is 2.44. The van der Waals surface area contributed by atoms with Crippen molar-refractivity contribution in [2.24, 2.45) is 0 Å². The molecule has 0 aliphatic carbocycles. The predicted molar refractivity (Wildman–Crippen MR) is 81.1 cm³/mol. The molecule has 0 atom stereocenters. The van der Waals surface area contributed by atoms with E-state index in [0.717, 1.165) is 12.1 Å². The average molecular weight is 297 g/mol. The molecule has 0 amide bonds. The number of likely N-dealkylation sites (N-methyl/N-ethyl adjacent to an activating group) is 1. The molecule has 0 aliphatic rings. The van der Waals surface area contributed by atoms with Gasteiger partial charge in [-0.05, 0) is 40.4 Å². The largest absolute Gasteiger partial charge is 0.374 e. The van der Waals surface area contributed by atoms with E-state index in [0.29, 0.717) is 25.6 Å². The Kier molecular flexibility index (Phi) is 7.74. The van der Waals surface area contributed by atoms with E-state index in [1.807, 2.05) is 34.9 Å². The lowest BCUT2D eigenvalue weighted by molar-refractivity contribution is -0.272. The van der Waals surface area contributed by atoms with Gasteiger partial charge < -0.3 is 19.1 Å². The van der Waals surface area contributed by atoms with Crippen LogP contribution in [0.4, 0.5) is 0 Å². The van der Waals surface area contributed by atoms with Crippen LogP contribution in [0.2, 0.25) is 0 Å². The second-order valence-corrected chi connectivity index (χ2v) is 5.06. The van der Waals surface area contributed by atoms with Crippen LogP contribution in [0.3, 0.4) is 0 Å². The molecule has 1 aromatic heterocycles. The standard InChI is InChI=1S/C15H27N3O3/c1-6-20-15(21-7-2,12-19-9-8-18(4)5)14-16-10-13(3)11-17-14/h10-11H,6-9,12H2,1-5H3. The molecule has 0 aliphatic heterocycles. The quantitative estimate of drug-likeness (QED) is 0.483. The fourth-order valence-electron chi connectivity index (χ4n) is 1.83. The maximum atomic E-state index is 5.82. The smallest absolute Gasteiger partial charge is 0.254 e. The van der Waals surface area contributed by atoms with E-state index in [9.17, 15) is 0 Å². The summed E-state index contributed by atoms with van der Waals surface area (Å²) in [6.45, 7) is 8.47. The lowest BCUT2D eigenvalue weighted by Crippen LogP contribution is -2.40. The number of rotatable bonds is 10. The van der Waals surface area contributed by atoms with Gasteiger partial charge in [0, 0.05) is 32.2 Å². The number of hydrogen-bond donors (Lipinski definition) is 0. The minimum absolute atomic E-state index is 0.269. The van der Waals surface area contributed by atoms with Crippen LogP contribution in [0.25, 0.3) is 0 Å². The third kappa shape index (κ3) is 5.67. The van der Waals surface area contributed by atoms with E-state index < -0.39 is 5.79 Å². The van der Waals surface area contributed by atoms with Gasteiger partial charge in [-0.25, -0.2) is 9.97 Å². The van der Waals surface area contributed by atoms with Crippen LogP contribution in [0.5, 0.6) is 0 Å². The van der Waals surface area contributed by atoms with Crippen molar-refractivity contribution in [1.82, 2.24) is 14.9 Å². The first-order valence-electron chi connectivity index (χ1n) is 7.33. The van der Waals surface area contributed by atoms with Crippen LogP contribution in [-0.2, 0) is 20.0 Å². The van der Waals surface area contributed by atoms with E-state index in [-0.39, 0.29) is 6.61 Å². The van der Waals surface area contributed by atoms with E-state index in [1.165, 1.54) is 0 Å². The van der Waals surface area contributed by atoms with Gasteiger partial charge in [0.05, 0.1) is 6.61 Å². The first-order valence-corrected chi connectivity index (χ1v) is 7.33. The monoisotopic (exact) mass is 297 g/mol. The van der Waals surface area contributed by atoms with E-state index in [2.05, 4.69) is 14.9 Å². The lowest BCUT2D eigenvalue weighted by Gasteiger charge is -2.31. The van der Waals surface area contributed by atoms with Crippen molar-refractivity contribution in [2.45, 2.75) is 26.6 Å². The second-order valence-electron chi connectivity index (χ2n) is 5.06. The van der Waals surface area contributed by atoms with Gasteiger partial charge in [0.15, 0.2) is 5.82 Å². The molecule has 0 saturated heterocycles. The maximum Gasteiger partial charge on any atom is 0.254 e. The maximum absolute atomic E-state index is 5.82. The van der Waals surface area contributed by atoms with Crippen LogP contribution >= 0.6 is 0 Å². The molecule has 0 aromatic carbocycles. The van der Waals surface area contributed by atoms with Crippen LogP contribution in [0.1, 0.15) is 25.2 Å². The highest BCUT2D eigenvalue weighted by atomic mass is 16.7. The second kappa shape index (κ2) is 9.04. The predicted octanol–water partition coefficient (Wildman–Crippen LogP) is 1.59. The van der Waals surface area contributed by atoms with Gasteiger partial charge in [-0.2, -0.15) is 0 Å². The van der Waals surface area contributed by atoms with Crippen LogP contribution in [-0.4, -0.2) is 61.9 Å². The SMILES string of the molecule is CCOC(COCCN(C)C)(OCC)c1ncc(C)cn1. The van der Waals surface area contributed by atoms with Gasteiger partial charge in [0.25, 0.3) is 5.79 Å². The summed E-state index contributed by atoms with van der Waals surface area (Å²) in [4.78, 5) is 10.8. The molecule has 0 bridgehead atoms. The van der Waals surface area contributed by atoms with Gasteiger partial charge in [0.1, 0.15) is 6.61 Å². The Hall–Kier alpha value is -1.08. The highest BCUT2D eigenvalue weighted by Gasteiger charge is 2.37. The van der Waals surface area contributed by atoms with Crippen molar-refractivity contribution in [3.8, 4) is 0 Å². The number of aryl methyl sites for hydroxylation is 1. The number of ether oxygens (including phenoxy) is 3. The molecule has 1 aromatic rings. The van der Waals surface area contributed by atoms with Crippen molar-refractivity contribution in [1.29, 1.82) is 0 Å². The fourth-order valence-corrected chi connectivity index (χ4v) is 1.83. The number of aromatic nitrogens is 2. The zero-order valence-electron chi connectivity index (χ0n) is 13.8. The molecule has 6 nitrogen and oxygen atoms in total. The Labute approximate surface area is 127 Å². The number of nitrogens with zero attached hydrogens (tertiary/aromatic N) is 3. The highest BCUT2D eigenvalue weighted by molar-refractivity contribution is 5.06. The Morgan fingerprint density at radius 1 is 1.10 bits per heavy atom. The summed E-state index contributed by atoms with van der Waals surface area (Å²) in [7, 11) is 4.01. The Morgan fingerprint density at radius 2 is 1.67 bits per heavy atom.